The molecule has 0 saturated heterocycles. The van der Waals surface area contributed by atoms with Gasteiger partial charge in [-0.05, 0) is 46.8 Å². The highest BCUT2D eigenvalue weighted by molar-refractivity contribution is 9.10. The number of hydrogen-bond acceptors (Lipinski definition) is 3. The van der Waals surface area contributed by atoms with Gasteiger partial charge < -0.3 is 15.2 Å². The van der Waals surface area contributed by atoms with Crippen molar-refractivity contribution in [3.05, 3.63) is 15.6 Å². The van der Waals surface area contributed by atoms with E-state index in [-0.39, 0.29) is 0 Å². The van der Waals surface area contributed by atoms with Gasteiger partial charge in [0.15, 0.2) is 11.5 Å². The third kappa shape index (κ3) is 5.91. The van der Waals surface area contributed by atoms with Crippen LogP contribution in [0.5, 0.6) is 11.5 Å². The fourth-order valence-electron chi connectivity index (χ4n) is 3.05. The third-order valence-electron chi connectivity index (χ3n) is 4.56. The molecule has 0 heterocycles. The lowest BCUT2D eigenvalue weighted by Gasteiger charge is -2.19. The van der Waals surface area contributed by atoms with Crippen molar-refractivity contribution in [2.75, 3.05) is 20.0 Å². The molecule has 5 heteroatoms. The summed E-state index contributed by atoms with van der Waals surface area (Å²) in [6, 6.07) is 0. The molecular weight excluding hydrogens is 365 g/mol. The molecule has 2 radical (unpaired) electrons. The predicted molar refractivity (Wildman–Crippen MR) is 108 cm³/mol. The standard InChI is InChI=1S/C19H31BBrNO2/c1-14-15(12-10-8-6-4-5-7-9-11-13-20)16(21)18(23-2)19(24-3)17(14)22/h4-13,22H2,1-3H3. The molecule has 0 fully saturated rings. The predicted octanol–water partition coefficient (Wildman–Crippen LogP) is 5.61. The van der Waals surface area contributed by atoms with Gasteiger partial charge in [-0.1, -0.05) is 51.3 Å². The van der Waals surface area contributed by atoms with E-state index in [1.54, 1.807) is 14.2 Å². The number of hydrogen-bond donors (Lipinski definition) is 1. The minimum absolute atomic E-state index is 0.614. The molecule has 0 aromatic heterocycles. The van der Waals surface area contributed by atoms with Gasteiger partial charge in [-0.3, -0.25) is 0 Å². The van der Waals surface area contributed by atoms with Crippen LogP contribution in [0.1, 0.15) is 62.5 Å². The second-order valence-electron chi connectivity index (χ2n) is 6.26. The smallest absolute Gasteiger partial charge is 0.185 e. The van der Waals surface area contributed by atoms with E-state index in [0.29, 0.717) is 17.2 Å². The van der Waals surface area contributed by atoms with Crippen LogP contribution >= 0.6 is 15.9 Å². The van der Waals surface area contributed by atoms with Gasteiger partial charge in [0, 0.05) is 0 Å². The maximum Gasteiger partial charge on any atom is 0.185 e. The van der Waals surface area contributed by atoms with Crippen molar-refractivity contribution in [2.45, 2.75) is 71.0 Å². The Balaban J connectivity index is 2.50. The highest BCUT2D eigenvalue weighted by Gasteiger charge is 2.20. The molecule has 0 atom stereocenters. The molecular formula is C19H31BBrNO2. The third-order valence-corrected chi connectivity index (χ3v) is 5.40. The van der Waals surface area contributed by atoms with Gasteiger partial charge in [-0.15, -0.1) is 0 Å². The fraction of sp³-hybridized carbons (Fsp3) is 0.684. The van der Waals surface area contributed by atoms with Crippen molar-refractivity contribution >= 4 is 29.5 Å². The Morgan fingerprint density at radius 1 is 0.875 bits per heavy atom. The average Bonchev–Trinajstić information content (AvgIpc) is 2.58. The molecule has 1 aromatic rings. The Morgan fingerprint density at radius 3 is 1.88 bits per heavy atom. The number of unbranched alkanes of at least 4 members (excludes halogenated alkanes) is 7. The van der Waals surface area contributed by atoms with Gasteiger partial charge >= 0.3 is 0 Å². The maximum atomic E-state index is 6.21. The van der Waals surface area contributed by atoms with Crippen molar-refractivity contribution in [2.24, 2.45) is 0 Å². The molecule has 0 spiro atoms. The van der Waals surface area contributed by atoms with E-state index in [1.807, 2.05) is 0 Å². The van der Waals surface area contributed by atoms with Crippen LogP contribution in [0.2, 0.25) is 6.32 Å². The van der Waals surface area contributed by atoms with Crippen LogP contribution < -0.4 is 15.2 Å². The monoisotopic (exact) mass is 395 g/mol. The Morgan fingerprint density at radius 2 is 1.38 bits per heavy atom. The molecule has 0 aliphatic carbocycles. The first-order chi connectivity index (χ1) is 11.6. The van der Waals surface area contributed by atoms with Crippen LogP contribution in [0.25, 0.3) is 0 Å². The summed E-state index contributed by atoms with van der Waals surface area (Å²) in [5, 5.41) is 0. The van der Waals surface area contributed by atoms with Crippen molar-refractivity contribution in [3.8, 4) is 11.5 Å². The molecule has 0 aliphatic rings. The van der Waals surface area contributed by atoms with Gasteiger partial charge in [0.25, 0.3) is 0 Å². The number of nitrogen functional groups attached to an aromatic ring is 1. The Kier molecular flexibility index (Phi) is 10.3. The van der Waals surface area contributed by atoms with Crippen LogP contribution in [-0.2, 0) is 6.42 Å². The normalized spacial score (nSPS) is 10.8. The summed E-state index contributed by atoms with van der Waals surface area (Å²) in [7, 11) is 8.77. The summed E-state index contributed by atoms with van der Waals surface area (Å²) in [5.74, 6) is 1.30. The van der Waals surface area contributed by atoms with Crippen molar-refractivity contribution in [1.82, 2.24) is 0 Å². The second kappa shape index (κ2) is 11.7. The fourth-order valence-corrected chi connectivity index (χ4v) is 3.88. The molecule has 24 heavy (non-hydrogen) atoms. The first kappa shape index (κ1) is 21.2. The highest BCUT2D eigenvalue weighted by Crippen LogP contribution is 2.45. The summed E-state index contributed by atoms with van der Waals surface area (Å²) < 4.78 is 11.8. The molecule has 134 valence electrons. The largest absolute Gasteiger partial charge is 0.492 e. The SMILES string of the molecule is [B]CCCCCCCCCCc1c(C)c(N)c(OC)c(OC)c1Br. The van der Waals surface area contributed by atoms with Crippen LogP contribution in [0.15, 0.2) is 4.47 Å². The summed E-state index contributed by atoms with van der Waals surface area (Å²) in [6.07, 6.45) is 11.9. The molecule has 1 rings (SSSR count). The quantitative estimate of drug-likeness (QED) is 0.284. The first-order valence-electron chi connectivity index (χ1n) is 8.96. The molecule has 2 N–H and O–H groups in total. The number of anilines is 1. The maximum absolute atomic E-state index is 6.21. The van der Waals surface area contributed by atoms with Crippen LogP contribution in [0.4, 0.5) is 5.69 Å². The first-order valence-corrected chi connectivity index (χ1v) is 9.76. The topological polar surface area (TPSA) is 44.5 Å². The van der Waals surface area contributed by atoms with E-state index in [0.717, 1.165) is 35.6 Å². The lowest BCUT2D eigenvalue weighted by atomic mass is 9.97. The number of benzene rings is 1. The van der Waals surface area contributed by atoms with E-state index >= 15 is 0 Å². The lowest BCUT2D eigenvalue weighted by molar-refractivity contribution is 0.354. The van der Waals surface area contributed by atoms with Gasteiger partial charge in [0.05, 0.1) is 32.2 Å². The molecule has 0 saturated carbocycles. The van der Waals surface area contributed by atoms with Crippen LogP contribution in [-0.4, -0.2) is 22.1 Å². The molecule has 0 amide bonds. The van der Waals surface area contributed by atoms with E-state index in [2.05, 4.69) is 22.9 Å². The van der Waals surface area contributed by atoms with Crippen molar-refractivity contribution in [3.63, 3.8) is 0 Å². The Bertz CT molecular complexity index is 509. The summed E-state index contributed by atoms with van der Waals surface area (Å²) in [5.41, 5.74) is 9.20. The van der Waals surface area contributed by atoms with Crippen LogP contribution in [0, 0.1) is 6.92 Å². The molecule has 0 unspecified atom stereocenters. The zero-order valence-electron chi connectivity index (χ0n) is 15.4. The van der Waals surface area contributed by atoms with Crippen molar-refractivity contribution < 1.29 is 9.47 Å². The molecule has 0 aliphatic heterocycles. The van der Waals surface area contributed by atoms with E-state index < -0.39 is 0 Å². The average molecular weight is 396 g/mol. The Hall–Kier alpha value is -0.835. The minimum atomic E-state index is 0.614. The van der Waals surface area contributed by atoms with Crippen LogP contribution in [0.3, 0.4) is 0 Å². The lowest BCUT2D eigenvalue weighted by Crippen LogP contribution is -2.04. The number of nitrogens with two attached hydrogens (primary N) is 1. The van der Waals surface area contributed by atoms with Gasteiger partial charge in [-0.2, -0.15) is 0 Å². The number of halogens is 1. The summed E-state index contributed by atoms with van der Waals surface area (Å²) in [4.78, 5) is 0. The number of ether oxygens (including phenoxy) is 2. The number of rotatable bonds is 12. The number of methoxy groups -OCH3 is 2. The van der Waals surface area contributed by atoms with E-state index in [1.165, 1.54) is 44.1 Å². The van der Waals surface area contributed by atoms with Gasteiger partial charge in [0.2, 0.25) is 0 Å². The summed E-state index contributed by atoms with van der Waals surface area (Å²) in [6.45, 7) is 2.05. The zero-order valence-corrected chi connectivity index (χ0v) is 17.0. The Labute approximate surface area is 157 Å². The zero-order chi connectivity index (χ0) is 17.9. The van der Waals surface area contributed by atoms with E-state index in [9.17, 15) is 0 Å². The summed E-state index contributed by atoms with van der Waals surface area (Å²) >= 11 is 3.67. The van der Waals surface area contributed by atoms with Crippen molar-refractivity contribution in [1.29, 1.82) is 0 Å². The van der Waals surface area contributed by atoms with Gasteiger partial charge in [0.1, 0.15) is 0 Å². The van der Waals surface area contributed by atoms with Gasteiger partial charge in [-0.25, -0.2) is 0 Å². The molecule has 1 aromatic carbocycles. The second-order valence-corrected chi connectivity index (χ2v) is 7.06. The molecule has 3 nitrogen and oxygen atoms in total. The van der Waals surface area contributed by atoms with E-state index in [4.69, 9.17) is 23.1 Å². The highest BCUT2D eigenvalue weighted by atomic mass is 79.9. The minimum Gasteiger partial charge on any atom is -0.492 e. The molecule has 0 bridgehead atoms.